The molecule has 0 N–H and O–H groups in total. The second-order valence-corrected chi connectivity index (χ2v) is 8.82. The minimum Gasteiger partial charge on any atom is -0.494 e. The second kappa shape index (κ2) is 9.73. The van der Waals surface area contributed by atoms with E-state index in [1.54, 1.807) is 25.1 Å². The van der Waals surface area contributed by atoms with E-state index >= 15 is 0 Å². The van der Waals surface area contributed by atoms with Crippen LogP contribution in [0, 0.1) is 0 Å². The van der Waals surface area contributed by atoms with Gasteiger partial charge in [0.2, 0.25) is 0 Å². The first kappa shape index (κ1) is 21.9. The number of amides is 1. The summed E-state index contributed by atoms with van der Waals surface area (Å²) in [5.74, 6) is -0.224. The topological polar surface area (TPSA) is 90.0 Å². The number of nitrogens with zero attached hydrogens (tertiary/aromatic N) is 1. The van der Waals surface area contributed by atoms with Crippen LogP contribution in [0.1, 0.15) is 32.8 Å². The van der Waals surface area contributed by atoms with Gasteiger partial charge in [-0.3, -0.25) is 4.79 Å². The molecule has 1 aliphatic rings. The lowest BCUT2D eigenvalue weighted by Crippen LogP contribution is -2.46. The van der Waals surface area contributed by atoms with Crippen molar-refractivity contribution < 1.29 is 27.5 Å². The third-order valence-electron chi connectivity index (χ3n) is 4.52. The molecule has 2 rings (SSSR count). The summed E-state index contributed by atoms with van der Waals surface area (Å²) in [6.07, 6.45) is 2.28. The van der Waals surface area contributed by atoms with E-state index in [0.717, 1.165) is 11.3 Å². The maximum absolute atomic E-state index is 12.6. The van der Waals surface area contributed by atoms with Crippen molar-refractivity contribution in [1.29, 1.82) is 0 Å². The molecule has 8 heteroatoms. The van der Waals surface area contributed by atoms with Gasteiger partial charge in [-0.15, -0.1) is 0 Å². The molecule has 1 saturated heterocycles. The lowest BCUT2D eigenvalue weighted by atomic mass is 10.2. The molecule has 28 heavy (non-hydrogen) atoms. The minimum absolute atomic E-state index is 0.0368. The Morgan fingerprint density at radius 1 is 1.25 bits per heavy atom. The van der Waals surface area contributed by atoms with Crippen molar-refractivity contribution in [3.63, 3.8) is 0 Å². The summed E-state index contributed by atoms with van der Waals surface area (Å²) in [7, 11) is -3.10. The van der Waals surface area contributed by atoms with Crippen molar-refractivity contribution in [2.75, 3.05) is 24.7 Å². The van der Waals surface area contributed by atoms with E-state index in [1.165, 1.54) is 17.9 Å². The Morgan fingerprint density at radius 2 is 1.93 bits per heavy atom. The molecule has 0 aromatic heterocycles. The summed E-state index contributed by atoms with van der Waals surface area (Å²) in [4.78, 5) is 26.1. The van der Waals surface area contributed by atoms with Crippen LogP contribution < -0.4 is 4.74 Å². The molecule has 1 aromatic rings. The van der Waals surface area contributed by atoms with Crippen LogP contribution in [-0.4, -0.2) is 62.0 Å². The quantitative estimate of drug-likeness (QED) is 0.482. The van der Waals surface area contributed by atoms with Crippen LogP contribution in [0.5, 0.6) is 5.75 Å². The standard InChI is InChI=1S/C20H27NO6S/c1-4-21(17-12-13-28(24,25)14-17)20(23)15(3)27-19(22)11-8-16-6-9-18(10-7-16)26-5-2/h6-11,15,17H,4-5,12-14H2,1-3H3/b11-8+/t15-,17-/m1/s1. The predicted molar refractivity (Wildman–Crippen MR) is 107 cm³/mol. The molecule has 1 fully saturated rings. The van der Waals surface area contributed by atoms with Crippen LogP contribution in [0.15, 0.2) is 30.3 Å². The molecule has 154 valence electrons. The maximum Gasteiger partial charge on any atom is 0.331 e. The zero-order chi connectivity index (χ0) is 20.7. The fourth-order valence-electron chi connectivity index (χ4n) is 3.12. The lowest BCUT2D eigenvalue weighted by molar-refractivity contribution is -0.156. The second-order valence-electron chi connectivity index (χ2n) is 6.60. The molecule has 1 amide bonds. The first-order valence-corrected chi connectivity index (χ1v) is 11.2. The van der Waals surface area contributed by atoms with Gasteiger partial charge in [0, 0.05) is 18.7 Å². The summed E-state index contributed by atoms with van der Waals surface area (Å²) < 4.78 is 33.9. The van der Waals surface area contributed by atoms with E-state index in [9.17, 15) is 18.0 Å². The van der Waals surface area contributed by atoms with Crippen LogP contribution in [-0.2, 0) is 24.2 Å². The Balaban J connectivity index is 1.92. The van der Waals surface area contributed by atoms with Gasteiger partial charge in [-0.1, -0.05) is 12.1 Å². The molecule has 1 aliphatic heterocycles. The minimum atomic E-state index is -3.10. The van der Waals surface area contributed by atoms with E-state index in [0.29, 0.717) is 19.6 Å². The molecule has 7 nitrogen and oxygen atoms in total. The summed E-state index contributed by atoms with van der Waals surface area (Å²) in [5, 5.41) is 0. The zero-order valence-corrected chi connectivity index (χ0v) is 17.3. The van der Waals surface area contributed by atoms with Gasteiger partial charge in [0.1, 0.15) is 5.75 Å². The first-order chi connectivity index (χ1) is 13.3. The Hall–Kier alpha value is -2.35. The van der Waals surface area contributed by atoms with Gasteiger partial charge < -0.3 is 14.4 Å². The SMILES string of the molecule is CCOc1ccc(/C=C/C(=O)O[C@H](C)C(=O)N(CC)[C@@H]2CCS(=O)(=O)C2)cc1. The Kier molecular flexibility index (Phi) is 7.62. The van der Waals surface area contributed by atoms with Gasteiger partial charge in [0.25, 0.3) is 5.91 Å². The number of hydrogen-bond acceptors (Lipinski definition) is 6. The summed E-state index contributed by atoms with van der Waals surface area (Å²) >= 11 is 0. The Labute approximate surface area is 166 Å². The monoisotopic (exact) mass is 409 g/mol. The van der Waals surface area contributed by atoms with Gasteiger partial charge in [-0.05, 0) is 51.0 Å². The largest absolute Gasteiger partial charge is 0.494 e. The van der Waals surface area contributed by atoms with E-state index in [1.807, 2.05) is 19.1 Å². The van der Waals surface area contributed by atoms with Crippen LogP contribution in [0.25, 0.3) is 6.08 Å². The van der Waals surface area contributed by atoms with Crippen molar-refractivity contribution in [3.05, 3.63) is 35.9 Å². The molecule has 0 spiro atoms. The average Bonchev–Trinajstić information content (AvgIpc) is 3.01. The number of likely N-dealkylation sites (N-methyl/N-ethyl adjacent to an activating group) is 1. The van der Waals surface area contributed by atoms with E-state index in [2.05, 4.69) is 0 Å². The number of rotatable bonds is 8. The maximum atomic E-state index is 12.6. The lowest BCUT2D eigenvalue weighted by Gasteiger charge is -2.29. The van der Waals surface area contributed by atoms with E-state index in [4.69, 9.17) is 9.47 Å². The van der Waals surface area contributed by atoms with Crippen molar-refractivity contribution in [2.45, 2.75) is 39.3 Å². The highest BCUT2D eigenvalue weighted by atomic mass is 32.2. The van der Waals surface area contributed by atoms with E-state index < -0.39 is 21.9 Å². The van der Waals surface area contributed by atoms with Gasteiger partial charge in [-0.25, -0.2) is 13.2 Å². The van der Waals surface area contributed by atoms with Crippen molar-refractivity contribution >= 4 is 27.8 Å². The smallest absolute Gasteiger partial charge is 0.331 e. The Morgan fingerprint density at radius 3 is 2.46 bits per heavy atom. The molecule has 0 aliphatic carbocycles. The van der Waals surface area contributed by atoms with Crippen LogP contribution in [0.2, 0.25) is 0 Å². The molecular formula is C20H27NO6S. The van der Waals surface area contributed by atoms with Gasteiger partial charge in [0.05, 0.1) is 18.1 Å². The molecule has 0 unspecified atom stereocenters. The molecule has 1 heterocycles. The zero-order valence-electron chi connectivity index (χ0n) is 16.5. The van der Waals surface area contributed by atoms with Gasteiger partial charge >= 0.3 is 5.97 Å². The number of esters is 1. The summed E-state index contributed by atoms with van der Waals surface area (Å²) in [6.45, 7) is 6.12. The highest BCUT2D eigenvalue weighted by Gasteiger charge is 2.36. The van der Waals surface area contributed by atoms with Gasteiger partial charge in [0.15, 0.2) is 15.9 Å². The summed E-state index contributed by atoms with van der Waals surface area (Å²) in [6, 6.07) is 6.86. The number of sulfone groups is 1. The van der Waals surface area contributed by atoms with Crippen molar-refractivity contribution in [2.24, 2.45) is 0 Å². The number of carbonyl (C=O) groups excluding carboxylic acids is 2. The molecule has 0 saturated carbocycles. The Bertz CT molecular complexity index is 816. The average molecular weight is 410 g/mol. The van der Waals surface area contributed by atoms with Crippen LogP contribution in [0.3, 0.4) is 0 Å². The number of carbonyl (C=O) groups is 2. The van der Waals surface area contributed by atoms with E-state index in [-0.39, 0.29) is 23.5 Å². The van der Waals surface area contributed by atoms with Crippen LogP contribution in [0.4, 0.5) is 0 Å². The normalized spacial score (nSPS) is 19.3. The molecular weight excluding hydrogens is 382 g/mol. The highest BCUT2D eigenvalue weighted by molar-refractivity contribution is 7.91. The number of ether oxygens (including phenoxy) is 2. The molecule has 0 radical (unpaired) electrons. The van der Waals surface area contributed by atoms with Crippen molar-refractivity contribution in [3.8, 4) is 5.75 Å². The predicted octanol–water partition coefficient (Wildman–Crippen LogP) is 2.07. The molecule has 2 atom stereocenters. The molecule has 0 bridgehead atoms. The van der Waals surface area contributed by atoms with Crippen molar-refractivity contribution in [1.82, 2.24) is 4.90 Å². The third-order valence-corrected chi connectivity index (χ3v) is 6.27. The number of benzene rings is 1. The fourth-order valence-corrected chi connectivity index (χ4v) is 4.85. The van der Waals surface area contributed by atoms with Crippen LogP contribution >= 0.6 is 0 Å². The third kappa shape index (κ3) is 6.09. The molecule has 1 aromatic carbocycles. The highest BCUT2D eigenvalue weighted by Crippen LogP contribution is 2.19. The van der Waals surface area contributed by atoms with Gasteiger partial charge in [-0.2, -0.15) is 0 Å². The summed E-state index contributed by atoms with van der Waals surface area (Å²) in [5.41, 5.74) is 0.797. The number of hydrogen-bond donors (Lipinski definition) is 0. The first-order valence-electron chi connectivity index (χ1n) is 9.38. The fraction of sp³-hybridized carbons (Fsp3) is 0.500.